The summed E-state index contributed by atoms with van der Waals surface area (Å²) in [4.78, 5) is 110. The van der Waals surface area contributed by atoms with Gasteiger partial charge in [-0.3, -0.25) is 48.1 Å². The zero-order chi connectivity index (χ0) is 43.8. The third-order valence-corrected chi connectivity index (χ3v) is 10.4. The Morgan fingerprint density at radius 2 is 1.55 bits per heavy atom. The summed E-state index contributed by atoms with van der Waals surface area (Å²) in [6.45, 7) is -0.304. The SMILES string of the molecule is CN(CC(N)=O)C(=O)[C@H](Cc1cccnc1)NC(=O)[C@H](CC(N)=O)NC(=O)[C@H](CCC(=O)OP)NC(=O)C1(NC(=O)[C@H](Cc2ccc3ccccc3c2)N=P)CCOCC1. The molecule has 19 nitrogen and oxygen atoms in total. The fraction of sp³-hybridized carbons (Fsp3) is 0.410. The smallest absolute Gasteiger partial charge is 0.308 e. The molecule has 4 rings (SSSR count). The second-order valence-electron chi connectivity index (χ2n) is 14.3. The Bertz CT molecular complexity index is 2070. The quantitative estimate of drug-likeness (QED) is 0.0761. The fourth-order valence-electron chi connectivity index (χ4n) is 6.61. The molecular formula is C39H49N9O10P2. The highest BCUT2D eigenvalue weighted by Crippen LogP contribution is 2.24. The number of nitrogens with one attached hydrogen (secondary N) is 4. The summed E-state index contributed by atoms with van der Waals surface area (Å²) >= 11 is 0. The van der Waals surface area contributed by atoms with E-state index in [0.717, 1.165) is 21.2 Å². The number of primary amides is 2. The first-order valence-corrected chi connectivity index (χ1v) is 19.8. The second kappa shape index (κ2) is 22.5. The fourth-order valence-corrected chi connectivity index (χ4v) is 6.93. The molecule has 0 radical (unpaired) electrons. The molecule has 2 heterocycles. The van der Waals surface area contributed by atoms with Gasteiger partial charge in [-0.2, -0.15) is 0 Å². The van der Waals surface area contributed by atoms with E-state index in [1.54, 1.807) is 21.6 Å². The molecule has 0 saturated carbocycles. The highest BCUT2D eigenvalue weighted by molar-refractivity contribution is 7.10. The lowest BCUT2D eigenvalue weighted by Gasteiger charge is -2.38. The lowest BCUT2D eigenvalue weighted by Crippen LogP contribution is -2.65. The first-order chi connectivity index (χ1) is 28.6. The Hall–Kier alpha value is -5.90. The average molecular weight is 866 g/mol. The number of aromatic nitrogens is 1. The highest BCUT2D eigenvalue weighted by atomic mass is 31.0. The largest absolute Gasteiger partial charge is 0.452 e. The zero-order valence-electron chi connectivity index (χ0n) is 32.9. The van der Waals surface area contributed by atoms with Gasteiger partial charge in [0.2, 0.25) is 41.4 Å². The summed E-state index contributed by atoms with van der Waals surface area (Å²) in [5, 5.41) is 12.4. The number of hydrogen-bond acceptors (Lipinski definition) is 12. The molecule has 1 fully saturated rings. The standard InChI is InChI=1S/C39H49N9O10P2/c1-48(22-32(41)50)37(55)30(19-24-5-4-14-42-21-24)44-35(53)28(20-31(40)49)43-34(52)27(10-11-33(51)58-60)45-38(56)39(12-15-57-16-13-39)46-36(54)29(47-59)18-23-8-9-25-6-2-3-7-26(25)17-23/h2-9,14,17,21,27-30,59H,10-13,15-16,18-20,22,60H2,1H3,(H2,40,49)(H2,41,50)(H,43,52)(H,44,53)(H,45,56)(H,46,54)/t27-,28-,29-,30-/m0/s1. The van der Waals surface area contributed by atoms with Crippen LogP contribution in [-0.2, 0) is 60.5 Å². The van der Waals surface area contributed by atoms with E-state index >= 15 is 0 Å². The zero-order valence-corrected chi connectivity index (χ0v) is 35.0. The van der Waals surface area contributed by atoms with Gasteiger partial charge in [-0.15, -0.1) is 0 Å². The molecule has 0 spiro atoms. The van der Waals surface area contributed by atoms with E-state index in [-0.39, 0.29) is 51.7 Å². The number of ether oxygens (including phenoxy) is 1. The van der Waals surface area contributed by atoms with E-state index in [4.69, 9.17) is 16.2 Å². The Kier molecular flexibility index (Phi) is 17.5. The van der Waals surface area contributed by atoms with Crippen LogP contribution in [0.4, 0.5) is 0 Å². The number of hydrogen-bond donors (Lipinski definition) is 6. The van der Waals surface area contributed by atoms with Crippen LogP contribution in [0.5, 0.6) is 0 Å². The minimum absolute atomic E-state index is 0.0141. The number of benzene rings is 2. The van der Waals surface area contributed by atoms with Gasteiger partial charge in [0, 0.05) is 64.8 Å². The number of amides is 7. The molecule has 7 amide bonds. The number of nitrogens with zero attached hydrogens (tertiary/aromatic N) is 3. The van der Waals surface area contributed by atoms with E-state index < -0.39 is 90.0 Å². The maximum Gasteiger partial charge on any atom is 0.308 e. The Morgan fingerprint density at radius 1 is 0.867 bits per heavy atom. The molecule has 0 bridgehead atoms. The third kappa shape index (κ3) is 13.6. The third-order valence-electron chi connectivity index (χ3n) is 9.82. The molecule has 2 aromatic carbocycles. The number of pyridine rings is 1. The van der Waals surface area contributed by atoms with Crippen molar-refractivity contribution in [2.45, 2.75) is 74.7 Å². The van der Waals surface area contributed by atoms with Crippen molar-refractivity contribution in [2.24, 2.45) is 16.2 Å². The number of likely N-dealkylation sites (N-methyl/N-ethyl adjacent to an activating group) is 1. The molecule has 21 heteroatoms. The molecular weight excluding hydrogens is 816 g/mol. The minimum Gasteiger partial charge on any atom is -0.452 e. The molecule has 8 N–H and O–H groups in total. The van der Waals surface area contributed by atoms with Crippen molar-refractivity contribution in [3.05, 3.63) is 78.1 Å². The lowest BCUT2D eigenvalue weighted by atomic mass is 9.87. The number of fused-ring (bicyclic) bond motifs is 1. The Balaban J connectivity index is 1.56. The maximum absolute atomic E-state index is 14.3. The molecule has 1 aliphatic heterocycles. The number of carbonyl (C=O) groups excluding carboxylic acids is 8. The van der Waals surface area contributed by atoms with E-state index in [1.165, 1.54) is 19.4 Å². The van der Waals surface area contributed by atoms with E-state index in [9.17, 15) is 38.4 Å². The molecule has 0 aliphatic carbocycles. The van der Waals surface area contributed by atoms with Crippen LogP contribution in [0.15, 0.2) is 71.7 Å². The van der Waals surface area contributed by atoms with Gasteiger partial charge in [-0.25, -0.2) is 0 Å². The van der Waals surface area contributed by atoms with Gasteiger partial charge in [0.05, 0.1) is 22.4 Å². The molecule has 5 atom stereocenters. The monoisotopic (exact) mass is 865 g/mol. The van der Waals surface area contributed by atoms with Gasteiger partial charge in [-0.1, -0.05) is 48.5 Å². The summed E-state index contributed by atoms with van der Waals surface area (Å²) in [7, 11) is 6.23. The molecule has 1 aliphatic rings. The van der Waals surface area contributed by atoms with E-state index in [2.05, 4.69) is 44.6 Å². The number of rotatable bonds is 21. The summed E-state index contributed by atoms with van der Waals surface area (Å²) < 4.78 is 14.3. The molecule has 1 saturated heterocycles. The lowest BCUT2D eigenvalue weighted by molar-refractivity contribution is -0.141. The van der Waals surface area contributed by atoms with Crippen molar-refractivity contribution in [1.29, 1.82) is 0 Å². The predicted molar refractivity (Wildman–Crippen MR) is 223 cm³/mol. The first kappa shape index (κ1) is 46.8. The van der Waals surface area contributed by atoms with Crippen LogP contribution >= 0.6 is 18.5 Å². The first-order valence-electron chi connectivity index (χ1n) is 18.9. The second-order valence-corrected chi connectivity index (χ2v) is 14.8. The van der Waals surface area contributed by atoms with Gasteiger partial charge in [0.25, 0.3) is 0 Å². The average Bonchev–Trinajstić information content (AvgIpc) is 3.23. The molecule has 60 heavy (non-hydrogen) atoms. The topological polar surface area (TPSA) is 284 Å². The van der Waals surface area contributed by atoms with Gasteiger partial charge < -0.3 is 46.9 Å². The minimum atomic E-state index is -1.68. The summed E-state index contributed by atoms with van der Waals surface area (Å²) in [6, 6.07) is 11.3. The van der Waals surface area contributed by atoms with Crippen LogP contribution in [0, 0.1) is 0 Å². The summed E-state index contributed by atoms with van der Waals surface area (Å²) in [6.07, 6.45) is 1.64. The normalized spacial score (nSPS) is 15.2. The van der Waals surface area contributed by atoms with Gasteiger partial charge in [0.1, 0.15) is 29.7 Å². The van der Waals surface area contributed by atoms with Crippen LogP contribution in [0.2, 0.25) is 0 Å². The Morgan fingerprint density at radius 3 is 2.18 bits per heavy atom. The van der Waals surface area contributed by atoms with Crippen molar-refractivity contribution in [2.75, 3.05) is 26.8 Å². The van der Waals surface area contributed by atoms with Crippen molar-refractivity contribution in [1.82, 2.24) is 31.2 Å². The molecule has 320 valence electrons. The molecule has 1 unspecified atom stereocenters. The van der Waals surface area contributed by atoms with Crippen molar-refractivity contribution >= 4 is 76.6 Å². The molecule has 1 aromatic heterocycles. The van der Waals surface area contributed by atoms with Crippen LogP contribution in [-0.4, -0.2) is 114 Å². The van der Waals surface area contributed by atoms with Gasteiger partial charge in [-0.05, 0) is 43.4 Å². The summed E-state index contributed by atoms with van der Waals surface area (Å²) in [5.74, 6) is -6.65. The van der Waals surface area contributed by atoms with Crippen LogP contribution in [0.25, 0.3) is 10.8 Å². The van der Waals surface area contributed by atoms with Crippen LogP contribution in [0.3, 0.4) is 0 Å². The van der Waals surface area contributed by atoms with Crippen LogP contribution < -0.4 is 32.7 Å². The van der Waals surface area contributed by atoms with E-state index in [1.807, 2.05) is 42.5 Å². The van der Waals surface area contributed by atoms with Crippen molar-refractivity contribution < 1.29 is 47.6 Å². The van der Waals surface area contributed by atoms with Gasteiger partial charge >= 0.3 is 5.97 Å². The maximum atomic E-state index is 14.3. The van der Waals surface area contributed by atoms with Crippen molar-refractivity contribution in [3.63, 3.8) is 0 Å². The Labute approximate surface area is 350 Å². The highest BCUT2D eigenvalue weighted by Gasteiger charge is 2.44. The number of nitrogens with two attached hydrogens (primary N) is 2. The predicted octanol–water partition coefficient (Wildman–Crippen LogP) is -0.233. The van der Waals surface area contributed by atoms with E-state index in [0.29, 0.717) is 5.56 Å². The van der Waals surface area contributed by atoms with Gasteiger partial charge in [0.15, 0.2) is 0 Å². The van der Waals surface area contributed by atoms with Crippen LogP contribution in [0.1, 0.15) is 43.2 Å². The van der Waals surface area contributed by atoms with Crippen molar-refractivity contribution in [3.8, 4) is 0 Å². The summed E-state index contributed by atoms with van der Waals surface area (Å²) in [5.41, 5.74) is 10.5. The number of carbonyl (C=O) groups is 8. The molecule has 3 aromatic rings.